The molecule has 0 spiro atoms. The molecule has 1 aliphatic rings. The number of fused-ring (bicyclic) bond motifs is 1. The SMILES string of the molecule is Cc1coc(CC(=O)O)c1C(=O)N1CCc2cccc(C)c21. The lowest BCUT2D eigenvalue weighted by atomic mass is 10.1. The Labute approximate surface area is 128 Å². The molecule has 0 unspecified atom stereocenters. The van der Waals surface area contributed by atoms with Crippen LogP contribution in [-0.2, 0) is 17.6 Å². The fraction of sp³-hybridized carbons (Fsp3) is 0.294. The standard InChI is InChI=1S/C17H17NO4/c1-10-4-3-5-12-6-7-18(16(10)12)17(21)15-11(2)9-22-13(15)8-14(19)20/h3-5,9H,6-8H2,1-2H3,(H,19,20). The average Bonchev–Trinajstić information content (AvgIpc) is 3.03. The van der Waals surface area contributed by atoms with E-state index in [0.717, 1.165) is 23.2 Å². The van der Waals surface area contributed by atoms with E-state index in [4.69, 9.17) is 9.52 Å². The largest absolute Gasteiger partial charge is 0.481 e. The van der Waals surface area contributed by atoms with Crippen molar-refractivity contribution in [1.82, 2.24) is 0 Å². The van der Waals surface area contributed by atoms with Crippen LogP contribution in [0, 0.1) is 13.8 Å². The van der Waals surface area contributed by atoms with Crippen LogP contribution in [0.5, 0.6) is 0 Å². The summed E-state index contributed by atoms with van der Waals surface area (Å²) < 4.78 is 5.28. The molecule has 2 aromatic rings. The van der Waals surface area contributed by atoms with E-state index >= 15 is 0 Å². The molecule has 2 heterocycles. The fourth-order valence-corrected chi connectivity index (χ4v) is 3.04. The molecule has 1 aliphatic heterocycles. The quantitative estimate of drug-likeness (QED) is 0.946. The molecule has 1 aromatic carbocycles. The molecule has 0 atom stereocenters. The topological polar surface area (TPSA) is 70.7 Å². The molecular weight excluding hydrogens is 282 g/mol. The van der Waals surface area contributed by atoms with E-state index in [1.165, 1.54) is 6.26 Å². The summed E-state index contributed by atoms with van der Waals surface area (Å²) >= 11 is 0. The van der Waals surface area contributed by atoms with Crippen LogP contribution < -0.4 is 4.90 Å². The first kappa shape index (κ1) is 14.4. The first-order valence-corrected chi connectivity index (χ1v) is 7.18. The predicted octanol–water partition coefficient (Wildman–Crippen LogP) is 2.73. The van der Waals surface area contributed by atoms with Crippen LogP contribution >= 0.6 is 0 Å². The van der Waals surface area contributed by atoms with Crippen LogP contribution in [0.1, 0.15) is 32.8 Å². The van der Waals surface area contributed by atoms with Gasteiger partial charge < -0.3 is 14.4 Å². The summed E-state index contributed by atoms with van der Waals surface area (Å²) in [4.78, 5) is 25.6. The zero-order chi connectivity index (χ0) is 15.9. The second kappa shape index (κ2) is 5.33. The summed E-state index contributed by atoms with van der Waals surface area (Å²) in [5, 5.41) is 8.96. The molecule has 3 rings (SSSR count). The number of benzene rings is 1. The van der Waals surface area contributed by atoms with Gasteiger partial charge in [-0.15, -0.1) is 0 Å². The number of amides is 1. The number of nitrogens with zero attached hydrogens (tertiary/aromatic N) is 1. The summed E-state index contributed by atoms with van der Waals surface area (Å²) in [7, 11) is 0. The van der Waals surface area contributed by atoms with Crippen molar-refractivity contribution in [2.24, 2.45) is 0 Å². The molecule has 0 fully saturated rings. The number of hydrogen-bond acceptors (Lipinski definition) is 3. The van der Waals surface area contributed by atoms with Crippen molar-refractivity contribution in [3.63, 3.8) is 0 Å². The number of para-hydroxylation sites is 1. The molecule has 5 nitrogen and oxygen atoms in total. The van der Waals surface area contributed by atoms with Gasteiger partial charge in [0.15, 0.2) is 0 Å². The van der Waals surface area contributed by atoms with E-state index in [1.807, 2.05) is 25.1 Å². The Morgan fingerprint density at radius 3 is 2.77 bits per heavy atom. The van der Waals surface area contributed by atoms with Gasteiger partial charge in [-0.1, -0.05) is 18.2 Å². The minimum absolute atomic E-state index is 0.185. The lowest BCUT2D eigenvalue weighted by molar-refractivity contribution is -0.136. The summed E-state index contributed by atoms with van der Waals surface area (Å²) in [6, 6.07) is 5.99. The van der Waals surface area contributed by atoms with Gasteiger partial charge in [-0.2, -0.15) is 0 Å². The number of furan rings is 1. The third kappa shape index (κ3) is 2.28. The molecule has 0 saturated carbocycles. The number of carbonyl (C=O) groups excluding carboxylic acids is 1. The molecule has 0 saturated heterocycles. The second-order valence-corrected chi connectivity index (χ2v) is 5.58. The van der Waals surface area contributed by atoms with E-state index in [2.05, 4.69) is 0 Å². The second-order valence-electron chi connectivity index (χ2n) is 5.58. The van der Waals surface area contributed by atoms with Gasteiger partial charge >= 0.3 is 5.97 Å². The minimum atomic E-state index is -1.01. The Bertz CT molecular complexity index is 760. The summed E-state index contributed by atoms with van der Waals surface area (Å²) in [5.41, 5.74) is 4.18. The van der Waals surface area contributed by atoms with Crippen LogP contribution in [0.25, 0.3) is 0 Å². The van der Waals surface area contributed by atoms with Crippen molar-refractivity contribution in [2.75, 3.05) is 11.4 Å². The van der Waals surface area contributed by atoms with E-state index in [0.29, 0.717) is 17.7 Å². The third-order valence-corrected chi connectivity index (χ3v) is 4.02. The smallest absolute Gasteiger partial charge is 0.311 e. The van der Waals surface area contributed by atoms with Crippen LogP contribution in [-0.4, -0.2) is 23.5 Å². The Morgan fingerprint density at radius 1 is 1.27 bits per heavy atom. The van der Waals surface area contributed by atoms with Crippen molar-refractivity contribution in [1.29, 1.82) is 0 Å². The van der Waals surface area contributed by atoms with Crippen LogP contribution in [0.2, 0.25) is 0 Å². The average molecular weight is 299 g/mol. The fourth-order valence-electron chi connectivity index (χ4n) is 3.04. The number of rotatable bonds is 3. The van der Waals surface area contributed by atoms with Crippen molar-refractivity contribution in [3.05, 3.63) is 52.5 Å². The highest BCUT2D eigenvalue weighted by atomic mass is 16.4. The highest BCUT2D eigenvalue weighted by Crippen LogP contribution is 2.33. The molecule has 5 heteroatoms. The molecule has 0 bridgehead atoms. The van der Waals surface area contributed by atoms with Gasteiger partial charge in [0.1, 0.15) is 12.2 Å². The maximum Gasteiger partial charge on any atom is 0.311 e. The number of aryl methyl sites for hydroxylation is 2. The van der Waals surface area contributed by atoms with Crippen molar-refractivity contribution in [3.8, 4) is 0 Å². The first-order valence-electron chi connectivity index (χ1n) is 7.18. The Morgan fingerprint density at radius 2 is 2.05 bits per heavy atom. The maximum absolute atomic E-state index is 12.9. The normalized spacial score (nSPS) is 13.3. The van der Waals surface area contributed by atoms with Gasteiger partial charge in [0.25, 0.3) is 5.91 Å². The molecule has 1 amide bonds. The van der Waals surface area contributed by atoms with Crippen LogP contribution in [0.15, 0.2) is 28.9 Å². The number of hydrogen-bond donors (Lipinski definition) is 1. The Balaban J connectivity index is 2.01. The van der Waals surface area contributed by atoms with E-state index < -0.39 is 5.97 Å². The molecular formula is C17H17NO4. The summed E-state index contributed by atoms with van der Waals surface area (Å²) in [6.45, 7) is 4.35. The molecule has 1 aromatic heterocycles. The van der Waals surface area contributed by atoms with Crippen LogP contribution in [0.4, 0.5) is 5.69 Å². The monoisotopic (exact) mass is 299 g/mol. The summed E-state index contributed by atoms with van der Waals surface area (Å²) in [6.07, 6.45) is 1.97. The van der Waals surface area contributed by atoms with E-state index in [9.17, 15) is 9.59 Å². The Hall–Kier alpha value is -2.56. The zero-order valence-electron chi connectivity index (χ0n) is 12.5. The predicted molar refractivity (Wildman–Crippen MR) is 81.3 cm³/mol. The van der Waals surface area contributed by atoms with Crippen molar-refractivity contribution >= 4 is 17.6 Å². The molecule has 1 N–H and O–H groups in total. The van der Waals surface area contributed by atoms with Gasteiger partial charge in [-0.3, -0.25) is 9.59 Å². The number of aliphatic carboxylic acids is 1. The lowest BCUT2D eigenvalue weighted by Gasteiger charge is -2.19. The third-order valence-electron chi connectivity index (χ3n) is 4.02. The molecule has 0 aliphatic carbocycles. The van der Waals surface area contributed by atoms with Crippen molar-refractivity contribution < 1.29 is 19.1 Å². The Kier molecular flexibility index (Phi) is 3.48. The first-order chi connectivity index (χ1) is 10.5. The van der Waals surface area contributed by atoms with Gasteiger partial charge in [0.2, 0.25) is 0 Å². The maximum atomic E-state index is 12.9. The summed E-state index contributed by atoms with van der Waals surface area (Å²) in [5.74, 6) is -0.978. The van der Waals surface area contributed by atoms with E-state index in [-0.39, 0.29) is 18.1 Å². The molecule has 0 radical (unpaired) electrons. The van der Waals surface area contributed by atoms with Gasteiger partial charge in [-0.05, 0) is 31.4 Å². The van der Waals surface area contributed by atoms with E-state index in [1.54, 1.807) is 11.8 Å². The number of anilines is 1. The minimum Gasteiger partial charge on any atom is -0.481 e. The number of carbonyl (C=O) groups is 2. The van der Waals surface area contributed by atoms with Gasteiger partial charge in [0, 0.05) is 12.1 Å². The molecule has 114 valence electrons. The zero-order valence-corrected chi connectivity index (χ0v) is 12.5. The number of carboxylic acids is 1. The highest BCUT2D eigenvalue weighted by Gasteiger charge is 2.31. The highest BCUT2D eigenvalue weighted by molar-refractivity contribution is 6.09. The van der Waals surface area contributed by atoms with Gasteiger partial charge in [0.05, 0.1) is 17.5 Å². The molecule has 22 heavy (non-hydrogen) atoms. The van der Waals surface area contributed by atoms with Crippen molar-refractivity contribution in [2.45, 2.75) is 26.7 Å². The number of carboxylic acid groups (broad SMARTS) is 1. The lowest BCUT2D eigenvalue weighted by Crippen LogP contribution is -2.30. The van der Waals surface area contributed by atoms with Crippen LogP contribution in [0.3, 0.4) is 0 Å². The van der Waals surface area contributed by atoms with Gasteiger partial charge in [-0.25, -0.2) is 0 Å².